The number of amides is 1. The van der Waals surface area contributed by atoms with E-state index in [2.05, 4.69) is 18.7 Å². The number of methoxy groups -OCH3 is 1. The number of benzene rings is 2. The summed E-state index contributed by atoms with van der Waals surface area (Å²) in [5.74, 6) is -1.26. The summed E-state index contributed by atoms with van der Waals surface area (Å²) in [5, 5.41) is 21.8. The lowest BCUT2D eigenvalue weighted by Gasteiger charge is -2.27. The van der Waals surface area contributed by atoms with Crippen LogP contribution in [0.3, 0.4) is 0 Å². The Kier molecular flexibility index (Phi) is 7.99. The van der Waals surface area contributed by atoms with E-state index in [1.165, 1.54) is 4.90 Å². The summed E-state index contributed by atoms with van der Waals surface area (Å²) in [5.41, 5.74) is 2.53. The number of likely N-dealkylation sites (tertiary alicyclic amines) is 1. The average Bonchev–Trinajstić information content (AvgIpc) is 3.08. The van der Waals surface area contributed by atoms with Crippen LogP contribution in [0.2, 0.25) is 0 Å². The van der Waals surface area contributed by atoms with Crippen molar-refractivity contribution in [3.8, 4) is 11.5 Å². The van der Waals surface area contributed by atoms with Crippen LogP contribution in [-0.4, -0.2) is 65.0 Å². The molecule has 7 nitrogen and oxygen atoms in total. The molecule has 34 heavy (non-hydrogen) atoms. The Bertz CT molecular complexity index is 1090. The molecule has 182 valence electrons. The summed E-state index contributed by atoms with van der Waals surface area (Å²) >= 11 is 0. The largest absolute Gasteiger partial charge is 0.507 e. The lowest BCUT2D eigenvalue weighted by Crippen LogP contribution is -2.33. The summed E-state index contributed by atoms with van der Waals surface area (Å²) < 4.78 is 5.25. The van der Waals surface area contributed by atoms with Crippen LogP contribution in [-0.2, 0) is 9.59 Å². The molecule has 1 amide bonds. The lowest BCUT2D eigenvalue weighted by molar-refractivity contribution is -0.140. The monoisotopic (exact) mass is 466 g/mol. The predicted octanol–water partition coefficient (Wildman–Crippen LogP) is 4.17. The highest BCUT2D eigenvalue weighted by Gasteiger charge is 2.46. The first-order chi connectivity index (χ1) is 16.2. The zero-order chi connectivity index (χ0) is 25.0. The van der Waals surface area contributed by atoms with Crippen LogP contribution in [0.1, 0.15) is 48.6 Å². The molecule has 1 heterocycles. The number of carbonyl (C=O) groups is 2. The first-order valence-electron chi connectivity index (χ1n) is 11.7. The third-order valence-electron chi connectivity index (χ3n) is 6.61. The number of carbonyl (C=O) groups excluding carboxylic acids is 2. The first-order valence-corrected chi connectivity index (χ1v) is 11.7. The minimum absolute atomic E-state index is 0.0171. The van der Waals surface area contributed by atoms with E-state index >= 15 is 0 Å². The van der Waals surface area contributed by atoms with Crippen molar-refractivity contribution in [3.05, 3.63) is 64.2 Å². The first kappa shape index (κ1) is 25.3. The van der Waals surface area contributed by atoms with Crippen molar-refractivity contribution >= 4 is 17.4 Å². The number of ether oxygens (including phenoxy) is 1. The smallest absolute Gasteiger partial charge is 0.295 e. The van der Waals surface area contributed by atoms with Crippen molar-refractivity contribution in [3.63, 3.8) is 0 Å². The molecule has 0 bridgehead atoms. The number of Topliss-reactive ketones (excluding diaryl/α,β-unsaturated/α-hetero) is 1. The molecular weight excluding hydrogens is 432 g/mol. The highest BCUT2D eigenvalue weighted by atomic mass is 16.5. The van der Waals surface area contributed by atoms with Crippen LogP contribution in [0.25, 0.3) is 5.76 Å². The molecule has 1 fully saturated rings. The van der Waals surface area contributed by atoms with Gasteiger partial charge in [0, 0.05) is 6.54 Å². The van der Waals surface area contributed by atoms with Gasteiger partial charge in [0.15, 0.2) is 0 Å². The van der Waals surface area contributed by atoms with E-state index in [9.17, 15) is 19.8 Å². The van der Waals surface area contributed by atoms with Crippen molar-refractivity contribution in [1.82, 2.24) is 9.80 Å². The lowest BCUT2D eigenvalue weighted by atomic mass is 9.93. The van der Waals surface area contributed by atoms with Gasteiger partial charge in [0.25, 0.3) is 11.7 Å². The number of phenols is 1. The second kappa shape index (κ2) is 10.7. The molecule has 0 aromatic heterocycles. The number of aromatic hydroxyl groups is 1. The van der Waals surface area contributed by atoms with Crippen LogP contribution < -0.4 is 4.74 Å². The molecule has 3 rings (SSSR count). The van der Waals surface area contributed by atoms with Crippen LogP contribution in [0, 0.1) is 13.8 Å². The molecule has 0 spiro atoms. The standard InChI is InChI=1S/C27H34N2O5/c1-6-28(7-2)13-8-14-29-24(19-9-11-20(34-5)12-10-19)23(26(32)27(29)33)25(31)21-15-17(3)18(4)16-22(21)30/h9-12,15-16,24,30-31H,6-8,13-14H2,1-5H3. The number of rotatable bonds is 9. The van der Waals surface area contributed by atoms with Crippen molar-refractivity contribution in [2.75, 3.05) is 33.3 Å². The maximum Gasteiger partial charge on any atom is 0.295 e. The predicted molar refractivity (Wildman–Crippen MR) is 132 cm³/mol. The van der Waals surface area contributed by atoms with Gasteiger partial charge in [0.05, 0.1) is 24.3 Å². The minimum atomic E-state index is -0.761. The normalized spacial score (nSPS) is 17.6. The number of hydrogen-bond acceptors (Lipinski definition) is 6. The number of phenolic OH excluding ortho intramolecular Hbond substituents is 1. The van der Waals surface area contributed by atoms with Gasteiger partial charge in [-0.2, -0.15) is 0 Å². The van der Waals surface area contributed by atoms with E-state index in [-0.39, 0.29) is 22.6 Å². The summed E-state index contributed by atoms with van der Waals surface area (Å²) in [6.07, 6.45) is 0.691. The Morgan fingerprint density at radius 3 is 2.26 bits per heavy atom. The number of aliphatic hydroxyl groups is 1. The molecule has 0 aliphatic carbocycles. The Labute approximate surface area is 201 Å². The van der Waals surface area contributed by atoms with Crippen LogP contribution >= 0.6 is 0 Å². The van der Waals surface area contributed by atoms with Gasteiger partial charge in [-0.15, -0.1) is 0 Å². The molecule has 2 aromatic carbocycles. The van der Waals surface area contributed by atoms with Crippen LogP contribution in [0.15, 0.2) is 42.0 Å². The third-order valence-corrected chi connectivity index (χ3v) is 6.61. The quantitative estimate of drug-likeness (QED) is 0.328. The Morgan fingerprint density at radius 2 is 1.68 bits per heavy atom. The maximum absolute atomic E-state index is 13.2. The average molecular weight is 467 g/mol. The number of hydrogen-bond donors (Lipinski definition) is 2. The van der Waals surface area contributed by atoms with Crippen molar-refractivity contribution in [2.45, 2.75) is 40.2 Å². The Hall–Kier alpha value is -3.32. The Balaban J connectivity index is 2.09. The fourth-order valence-corrected chi connectivity index (χ4v) is 4.38. The van der Waals surface area contributed by atoms with E-state index in [1.807, 2.05) is 13.8 Å². The van der Waals surface area contributed by atoms with Crippen molar-refractivity contribution in [2.24, 2.45) is 0 Å². The summed E-state index contributed by atoms with van der Waals surface area (Å²) in [6.45, 7) is 10.9. The van der Waals surface area contributed by atoms with Gasteiger partial charge in [-0.1, -0.05) is 26.0 Å². The second-order valence-corrected chi connectivity index (χ2v) is 8.60. The number of aliphatic hydroxyl groups excluding tert-OH is 1. The topological polar surface area (TPSA) is 90.3 Å². The van der Waals surface area contributed by atoms with Crippen LogP contribution in [0.4, 0.5) is 0 Å². The second-order valence-electron chi connectivity index (χ2n) is 8.60. The fourth-order valence-electron chi connectivity index (χ4n) is 4.38. The third kappa shape index (κ3) is 4.94. The number of nitrogens with zero attached hydrogens (tertiary/aromatic N) is 2. The minimum Gasteiger partial charge on any atom is -0.507 e. The zero-order valence-corrected chi connectivity index (χ0v) is 20.6. The van der Waals surface area contributed by atoms with Crippen molar-refractivity contribution < 1.29 is 24.5 Å². The van der Waals surface area contributed by atoms with Gasteiger partial charge in [-0.25, -0.2) is 0 Å². The highest BCUT2D eigenvalue weighted by Crippen LogP contribution is 2.41. The summed E-state index contributed by atoms with van der Waals surface area (Å²) in [4.78, 5) is 30.1. The van der Waals surface area contributed by atoms with Gasteiger partial charge in [-0.05, 0) is 80.9 Å². The molecule has 1 atom stereocenters. The molecule has 1 aliphatic rings. The van der Waals surface area contributed by atoms with Gasteiger partial charge in [-0.3, -0.25) is 9.59 Å². The van der Waals surface area contributed by atoms with E-state index < -0.39 is 17.7 Å². The van der Waals surface area contributed by atoms with Crippen LogP contribution in [0.5, 0.6) is 11.5 Å². The molecule has 0 saturated carbocycles. The van der Waals surface area contributed by atoms with E-state index in [1.54, 1.807) is 43.5 Å². The highest BCUT2D eigenvalue weighted by molar-refractivity contribution is 6.46. The molecule has 1 saturated heterocycles. The van der Waals surface area contributed by atoms with Gasteiger partial charge in [0.2, 0.25) is 0 Å². The molecule has 2 aromatic rings. The zero-order valence-electron chi connectivity index (χ0n) is 20.6. The fraction of sp³-hybridized carbons (Fsp3) is 0.407. The molecule has 0 radical (unpaired) electrons. The van der Waals surface area contributed by atoms with Gasteiger partial charge in [0.1, 0.15) is 17.3 Å². The maximum atomic E-state index is 13.2. The molecular formula is C27H34N2O5. The van der Waals surface area contributed by atoms with E-state index in [0.717, 1.165) is 30.8 Å². The molecule has 1 aliphatic heterocycles. The molecule has 2 N–H and O–H groups in total. The summed E-state index contributed by atoms with van der Waals surface area (Å²) in [7, 11) is 1.57. The summed E-state index contributed by atoms with van der Waals surface area (Å²) in [6, 6.07) is 9.54. The SMILES string of the molecule is CCN(CC)CCCN1C(=O)C(=O)C(=C(O)c2cc(C)c(C)cc2O)C1c1ccc(OC)cc1. The van der Waals surface area contributed by atoms with Gasteiger partial charge >= 0.3 is 0 Å². The van der Waals surface area contributed by atoms with Gasteiger partial charge < -0.3 is 24.7 Å². The van der Waals surface area contributed by atoms with E-state index in [4.69, 9.17) is 4.74 Å². The number of ketones is 1. The van der Waals surface area contributed by atoms with Crippen molar-refractivity contribution in [1.29, 1.82) is 0 Å². The molecule has 1 unspecified atom stereocenters. The van der Waals surface area contributed by atoms with E-state index in [0.29, 0.717) is 24.3 Å². The number of aryl methyl sites for hydroxylation is 2. The Morgan fingerprint density at radius 1 is 1.06 bits per heavy atom. The molecule has 7 heteroatoms.